The van der Waals surface area contributed by atoms with Crippen molar-refractivity contribution >= 4 is 35.0 Å². The SMILES string of the molecule is CC(Cl)CC(=O)N1CCN(C(=O)CC(C)Cl)CC1. The molecule has 2 amide bonds. The Balaban J connectivity index is 2.36. The molecule has 0 aromatic heterocycles. The van der Waals surface area contributed by atoms with Crippen LogP contribution in [-0.4, -0.2) is 58.5 Å². The molecule has 104 valence electrons. The lowest BCUT2D eigenvalue weighted by molar-refractivity contribution is -0.139. The van der Waals surface area contributed by atoms with Gasteiger partial charge >= 0.3 is 0 Å². The molecule has 1 saturated heterocycles. The normalized spacial score (nSPS) is 19.6. The van der Waals surface area contributed by atoms with Crippen LogP contribution in [0.4, 0.5) is 0 Å². The minimum absolute atomic E-state index is 0.0651. The quantitative estimate of drug-likeness (QED) is 0.741. The molecule has 1 heterocycles. The largest absolute Gasteiger partial charge is 0.339 e. The molecule has 6 heteroatoms. The summed E-state index contributed by atoms with van der Waals surface area (Å²) in [6.07, 6.45) is 0.711. The fraction of sp³-hybridized carbons (Fsp3) is 0.833. The number of hydrogen-bond acceptors (Lipinski definition) is 2. The third-order valence-electron chi connectivity index (χ3n) is 2.90. The highest BCUT2D eigenvalue weighted by molar-refractivity contribution is 6.21. The Labute approximate surface area is 118 Å². The van der Waals surface area contributed by atoms with Crippen LogP contribution in [0.25, 0.3) is 0 Å². The average Bonchev–Trinajstić information content (AvgIpc) is 2.27. The smallest absolute Gasteiger partial charge is 0.224 e. The van der Waals surface area contributed by atoms with Gasteiger partial charge in [-0.05, 0) is 13.8 Å². The molecular formula is C12H20Cl2N2O2. The number of amides is 2. The molecule has 0 aromatic rings. The number of carbonyl (C=O) groups excluding carboxylic acids is 2. The molecule has 1 rings (SSSR count). The minimum atomic E-state index is -0.144. The number of hydrogen-bond donors (Lipinski definition) is 0. The minimum Gasteiger partial charge on any atom is -0.339 e. The second-order valence-corrected chi connectivity index (χ2v) is 6.22. The van der Waals surface area contributed by atoms with Gasteiger partial charge in [-0.3, -0.25) is 9.59 Å². The van der Waals surface area contributed by atoms with Gasteiger partial charge in [-0.25, -0.2) is 0 Å². The summed E-state index contributed by atoms with van der Waals surface area (Å²) in [7, 11) is 0. The Morgan fingerprint density at radius 3 is 1.39 bits per heavy atom. The number of piperazine rings is 1. The molecule has 0 aromatic carbocycles. The van der Waals surface area contributed by atoms with E-state index in [0.29, 0.717) is 39.0 Å². The van der Waals surface area contributed by atoms with E-state index in [1.807, 2.05) is 0 Å². The van der Waals surface area contributed by atoms with Crippen LogP contribution < -0.4 is 0 Å². The van der Waals surface area contributed by atoms with Crippen LogP contribution in [0.1, 0.15) is 26.7 Å². The Kier molecular flexibility index (Phi) is 6.22. The van der Waals surface area contributed by atoms with Gasteiger partial charge in [-0.2, -0.15) is 0 Å². The summed E-state index contributed by atoms with van der Waals surface area (Å²) in [6, 6.07) is 0. The highest BCUT2D eigenvalue weighted by atomic mass is 35.5. The van der Waals surface area contributed by atoms with Crippen LogP contribution in [-0.2, 0) is 9.59 Å². The van der Waals surface area contributed by atoms with Crippen molar-refractivity contribution < 1.29 is 9.59 Å². The molecule has 0 aliphatic carbocycles. The third-order valence-corrected chi connectivity index (χ3v) is 3.21. The first-order chi connectivity index (χ1) is 8.40. The van der Waals surface area contributed by atoms with E-state index in [1.165, 1.54) is 0 Å². The summed E-state index contributed by atoms with van der Waals surface area (Å²) in [6.45, 7) is 5.97. The Morgan fingerprint density at radius 1 is 0.889 bits per heavy atom. The summed E-state index contributed by atoms with van der Waals surface area (Å²) in [5.74, 6) is 0.130. The first kappa shape index (κ1) is 15.6. The van der Waals surface area contributed by atoms with Gasteiger partial charge in [0.05, 0.1) is 0 Å². The second-order valence-electron chi connectivity index (χ2n) is 4.73. The third kappa shape index (κ3) is 5.02. The molecule has 0 radical (unpaired) electrons. The summed E-state index contributed by atoms with van der Waals surface area (Å²) < 4.78 is 0. The number of halogens is 2. The van der Waals surface area contributed by atoms with Crippen molar-refractivity contribution in [2.45, 2.75) is 37.4 Å². The molecule has 0 spiro atoms. The number of rotatable bonds is 4. The molecule has 1 aliphatic heterocycles. The second kappa shape index (κ2) is 7.19. The number of carbonyl (C=O) groups is 2. The van der Waals surface area contributed by atoms with Crippen molar-refractivity contribution in [3.63, 3.8) is 0 Å². The van der Waals surface area contributed by atoms with Gasteiger partial charge in [-0.1, -0.05) is 0 Å². The Morgan fingerprint density at radius 2 is 1.17 bits per heavy atom. The van der Waals surface area contributed by atoms with Crippen LogP contribution in [0.2, 0.25) is 0 Å². The lowest BCUT2D eigenvalue weighted by Gasteiger charge is -2.35. The van der Waals surface area contributed by atoms with Crippen molar-refractivity contribution in [2.24, 2.45) is 0 Å². The first-order valence-electron chi connectivity index (χ1n) is 6.24. The number of nitrogens with zero attached hydrogens (tertiary/aromatic N) is 2. The zero-order valence-corrected chi connectivity index (χ0v) is 12.4. The summed E-state index contributed by atoms with van der Waals surface area (Å²) in [4.78, 5) is 27.1. The molecule has 0 saturated carbocycles. The van der Waals surface area contributed by atoms with E-state index in [2.05, 4.69) is 0 Å². The van der Waals surface area contributed by atoms with Crippen molar-refractivity contribution in [3.8, 4) is 0 Å². The maximum atomic E-state index is 11.8. The fourth-order valence-electron chi connectivity index (χ4n) is 1.94. The first-order valence-corrected chi connectivity index (χ1v) is 7.11. The van der Waals surface area contributed by atoms with Gasteiger partial charge in [0.1, 0.15) is 0 Å². The summed E-state index contributed by atoms with van der Waals surface area (Å²) >= 11 is 11.6. The van der Waals surface area contributed by atoms with Crippen LogP contribution >= 0.6 is 23.2 Å². The van der Waals surface area contributed by atoms with E-state index in [0.717, 1.165) is 0 Å². The van der Waals surface area contributed by atoms with Gasteiger partial charge in [0.15, 0.2) is 0 Å². The predicted molar refractivity (Wildman–Crippen MR) is 73.0 cm³/mol. The topological polar surface area (TPSA) is 40.6 Å². The fourth-order valence-corrected chi connectivity index (χ4v) is 2.21. The monoisotopic (exact) mass is 294 g/mol. The Hall–Kier alpha value is -0.480. The van der Waals surface area contributed by atoms with Gasteiger partial charge < -0.3 is 9.80 Å². The molecule has 4 nitrogen and oxygen atoms in total. The lowest BCUT2D eigenvalue weighted by atomic mass is 10.2. The molecular weight excluding hydrogens is 275 g/mol. The molecule has 0 N–H and O–H groups in total. The maximum absolute atomic E-state index is 11.8. The van der Waals surface area contributed by atoms with Crippen LogP contribution in [0.15, 0.2) is 0 Å². The van der Waals surface area contributed by atoms with Crippen molar-refractivity contribution in [1.29, 1.82) is 0 Å². The van der Waals surface area contributed by atoms with E-state index in [9.17, 15) is 9.59 Å². The Bertz CT molecular complexity index is 270. The number of alkyl halides is 2. The maximum Gasteiger partial charge on any atom is 0.224 e. The van der Waals surface area contributed by atoms with E-state index < -0.39 is 0 Å². The van der Waals surface area contributed by atoms with E-state index in [1.54, 1.807) is 23.6 Å². The van der Waals surface area contributed by atoms with E-state index in [-0.39, 0.29) is 22.6 Å². The summed E-state index contributed by atoms with van der Waals surface area (Å²) in [5, 5.41) is -0.288. The van der Waals surface area contributed by atoms with Gasteiger partial charge in [-0.15, -0.1) is 23.2 Å². The van der Waals surface area contributed by atoms with Crippen LogP contribution in [0.5, 0.6) is 0 Å². The van der Waals surface area contributed by atoms with Crippen molar-refractivity contribution in [1.82, 2.24) is 9.80 Å². The zero-order valence-electron chi connectivity index (χ0n) is 10.9. The van der Waals surface area contributed by atoms with Crippen LogP contribution in [0.3, 0.4) is 0 Å². The molecule has 18 heavy (non-hydrogen) atoms. The zero-order chi connectivity index (χ0) is 13.7. The van der Waals surface area contributed by atoms with Gasteiger partial charge in [0.2, 0.25) is 11.8 Å². The highest BCUT2D eigenvalue weighted by Crippen LogP contribution is 2.10. The standard InChI is InChI=1S/C12H20Cl2N2O2/c1-9(13)7-11(17)15-3-5-16(6-4-15)12(18)8-10(2)14/h9-10H,3-8H2,1-2H3. The van der Waals surface area contributed by atoms with Crippen molar-refractivity contribution in [3.05, 3.63) is 0 Å². The predicted octanol–water partition coefficient (Wildman–Crippen LogP) is 1.69. The van der Waals surface area contributed by atoms with Crippen molar-refractivity contribution in [2.75, 3.05) is 26.2 Å². The molecule has 2 atom stereocenters. The molecule has 2 unspecified atom stereocenters. The molecule has 0 bridgehead atoms. The van der Waals surface area contributed by atoms with Crippen LogP contribution in [0, 0.1) is 0 Å². The van der Waals surface area contributed by atoms with E-state index >= 15 is 0 Å². The molecule has 1 fully saturated rings. The summed E-state index contributed by atoms with van der Waals surface area (Å²) in [5.41, 5.74) is 0. The van der Waals surface area contributed by atoms with Gasteiger partial charge in [0.25, 0.3) is 0 Å². The van der Waals surface area contributed by atoms with Gasteiger partial charge in [0, 0.05) is 49.8 Å². The molecule has 1 aliphatic rings. The highest BCUT2D eigenvalue weighted by Gasteiger charge is 2.24. The van der Waals surface area contributed by atoms with E-state index in [4.69, 9.17) is 23.2 Å². The lowest BCUT2D eigenvalue weighted by Crippen LogP contribution is -2.51. The average molecular weight is 295 g/mol.